The van der Waals surface area contributed by atoms with Crippen molar-refractivity contribution in [1.29, 1.82) is 0 Å². The van der Waals surface area contributed by atoms with Crippen molar-refractivity contribution in [3.05, 3.63) is 46.8 Å². The van der Waals surface area contributed by atoms with Crippen LogP contribution >= 0.6 is 15.9 Å². The minimum Gasteiger partial charge on any atom is -0.396 e. The number of rotatable bonds is 7. The summed E-state index contributed by atoms with van der Waals surface area (Å²) < 4.78 is 4.27. The van der Waals surface area contributed by atoms with Crippen LogP contribution in [0.25, 0.3) is 5.65 Å². The van der Waals surface area contributed by atoms with E-state index in [9.17, 15) is 5.11 Å². The molecule has 9 heteroatoms. The van der Waals surface area contributed by atoms with E-state index >= 15 is 0 Å². The first-order valence-corrected chi connectivity index (χ1v) is 10.2. The maximum Gasteiger partial charge on any atom is 0.227 e. The van der Waals surface area contributed by atoms with Crippen LogP contribution in [0.4, 0.5) is 11.6 Å². The molecule has 3 aromatic rings. The highest BCUT2D eigenvalue weighted by molar-refractivity contribution is 9.10. The zero-order valence-electron chi connectivity index (χ0n) is 15.7. The fraction of sp³-hybridized carbons (Fsp3) is 0.421. The lowest BCUT2D eigenvalue weighted by Crippen LogP contribution is -2.40. The normalized spacial score (nSPS) is 19.1. The third kappa shape index (κ3) is 3.90. The van der Waals surface area contributed by atoms with Crippen LogP contribution in [0.3, 0.4) is 0 Å². The molecule has 1 saturated carbocycles. The fourth-order valence-corrected chi connectivity index (χ4v) is 4.03. The lowest BCUT2D eigenvalue weighted by Gasteiger charge is -2.20. The van der Waals surface area contributed by atoms with Crippen molar-refractivity contribution < 1.29 is 14.7 Å². The largest absolute Gasteiger partial charge is 0.396 e. The topological polar surface area (TPSA) is 87.6 Å². The zero-order chi connectivity index (χ0) is 19.5. The first kappa shape index (κ1) is 18.9. The summed E-state index contributed by atoms with van der Waals surface area (Å²) in [5.41, 5.74) is 1.82. The van der Waals surface area contributed by atoms with Crippen molar-refractivity contribution in [3.63, 3.8) is 0 Å². The molecule has 0 radical (unpaired) electrons. The number of aliphatic hydroxyl groups is 1. The number of aromatic nitrogens is 4. The number of pyridine rings is 1. The highest BCUT2D eigenvalue weighted by Crippen LogP contribution is 2.29. The second-order valence-corrected chi connectivity index (χ2v) is 7.84. The van der Waals surface area contributed by atoms with Crippen LogP contribution in [-0.4, -0.2) is 39.5 Å². The van der Waals surface area contributed by atoms with E-state index in [-0.39, 0.29) is 18.6 Å². The molecule has 0 unspecified atom stereocenters. The van der Waals surface area contributed by atoms with Gasteiger partial charge in [0.05, 0.1) is 10.7 Å². The zero-order valence-corrected chi connectivity index (χ0v) is 17.3. The maximum absolute atomic E-state index is 9.60. The van der Waals surface area contributed by atoms with Crippen molar-refractivity contribution >= 4 is 33.2 Å². The monoisotopic (exact) mass is 447 g/mol. The fourth-order valence-electron chi connectivity index (χ4n) is 3.68. The minimum absolute atomic E-state index is 0.203. The second-order valence-electron chi connectivity index (χ2n) is 6.99. The summed E-state index contributed by atoms with van der Waals surface area (Å²) in [6.07, 6.45) is 8.73. The van der Waals surface area contributed by atoms with Gasteiger partial charge in [0.15, 0.2) is 5.65 Å². The standard InChI is InChI=1S/C19H24BrN6O2/c1-28-25-7-3-4-13(11-25)9-21-18-8-17(23-16-6-2-5-14(16)12-27)24-19-15(20)10-22-26(18)19/h3-4,7-8,10-11,14,16,21,27H,2,5-6,9,12H2,1H3,(H,23,24)/q+1/t14-,16-/m1/s1. The van der Waals surface area contributed by atoms with E-state index in [4.69, 9.17) is 9.82 Å². The molecule has 1 aliphatic rings. The Balaban J connectivity index is 1.59. The smallest absolute Gasteiger partial charge is 0.227 e. The quantitative estimate of drug-likeness (QED) is 0.480. The van der Waals surface area contributed by atoms with Crippen LogP contribution in [0.5, 0.6) is 0 Å². The van der Waals surface area contributed by atoms with Crippen molar-refractivity contribution in [2.45, 2.75) is 31.8 Å². The Morgan fingerprint density at radius 1 is 1.43 bits per heavy atom. The van der Waals surface area contributed by atoms with Gasteiger partial charge in [-0.25, -0.2) is 4.98 Å². The van der Waals surface area contributed by atoms with Gasteiger partial charge >= 0.3 is 0 Å². The van der Waals surface area contributed by atoms with Gasteiger partial charge in [-0.2, -0.15) is 9.61 Å². The van der Waals surface area contributed by atoms with E-state index in [0.717, 1.165) is 46.6 Å². The molecule has 1 fully saturated rings. The lowest BCUT2D eigenvalue weighted by molar-refractivity contribution is -0.885. The van der Waals surface area contributed by atoms with Gasteiger partial charge in [-0.15, -0.1) is 0 Å². The predicted molar refractivity (Wildman–Crippen MR) is 109 cm³/mol. The molecule has 3 aromatic heterocycles. The molecule has 3 heterocycles. The summed E-state index contributed by atoms with van der Waals surface area (Å²) in [6.45, 7) is 0.817. The molecule has 1 aliphatic carbocycles. The molecule has 0 saturated heterocycles. The van der Waals surface area contributed by atoms with Gasteiger partial charge in [0, 0.05) is 47.5 Å². The van der Waals surface area contributed by atoms with Gasteiger partial charge in [0.2, 0.25) is 12.4 Å². The highest BCUT2D eigenvalue weighted by Gasteiger charge is 2.27. The number of nitrogens with one attached hydrogen (secondary N) is 2. The number of nitrogens with zero attached hydrogens (tertiary/aromatic N) is 4. The molecule has 0 bridgehead atoms. The van der Waals surface area contributed by atoms with E-state index < -0.39 is 0 Å². The Morgan fingerprint density at radius 2 is 2.32 bits per heavy atom. The van der Waals surface area contributed by atoms with E-state index in [1.807, 2.05) is 30.6 Å². The molecular formula is C19H24BrN6O2+. The number of hydrogen-bond donors (Lipinski definition) is 3. The molecule has 8 nitrogen and oxygen atoms in total. The van der Waals surface area contributed by atoms with Crippen molar-refractivity contribution in [1.82, 2.24) is 14.6 Å². The van der Waals surface area contributed by atoms with Crippen molar-refractivity contribution in [2.75, 3.05) is 24.4 Å². The number of fused-ring (bicyclic) bond motifs is 1. The molecule has 3 N–H and O–H groups in total. The van der Waals surface area contributed by atoms with Crippen LogP contribution < -0.4 is 20.2 Å². The van der Waals surface area contributed by atoms with Gasteiger partial charge in [-0.3, -0.25) is 4.84 Å². The van der Waals surface area contributed by atoms with Gasteiger partial charge < -0.3 is 15.7 Å². The summed E-state index contributed by atoms with van der Waals surface area (Å²) >= 11 is 3.53. The molecule has 28 heavy (non-hydrogen) atoms. The Morgan fingerprint density at radius 3 is 3.14 bits per heavy atom. The van der Waals surface area contributed by atoms with E-state index in [1.165, 1.54) is 0 Å². The van der Waals surface area contributed by atoms with Gasteiger partial charge in [-0.1, -0.05) is 6.42 Å². The number of aliphatic hydroxyl groups excluding tert-OH is 1. The molecule has 4 rings (SSSR count). The lowest BCUT2D eigenvalue weighted by atomic mass is 10.1. The van der Waals surface area contributed by atoms with Crippen LogP contribution in [0.2, 0.25) is 0 Å². The third-order valence-electron chi connectivity index (χ3n) is 5.18. The SMILES string of the molecule is CO[n+]1cccc(CNc2cc(N[C@@H]3CCC[C@@H]3CO)nc3c(Br)cnn23)c1. The average Bonchev–Trinajstić information content (AvgIpc) is 3.33. The number of hydrogen-bond acceptors (Lipinski definition) is 6. The first-order chi connectivity index (χ1) is 13.7. The molecule has 0 aromatic carbocycles. The van der Waals surface area contributed by atoms with Crippen molar-refractivity contribution in [2.24, 2.45) is 5.92 Å². The van der Waals surface area contributed by atoms with Gasteiger partial charge in [0.1, 0.15) is 18.7 Å². The van der Waals surface area contributed by atoms with E-state index in [2.05, 4.69) is 31.7 Å². The van der Waals surface area contributed by atoms with Gasteiger partial charge in [-0.05, 0) is 34.8 Å². The molecule has 0 spiro atoms. The molecule has 148 valence electrons. The second kappa shape index (κ2) is 8.32. The number of halogens is 1. The predicted octanol–water partition coefficient (Wildman–Crippen LogP) is 2.02. The first-order valence-electron chi connectivity index (χ1n) is 9.38. The number of anilines is 2. The summed E-state index contributed by atoms with van der Waals surface area (Å²) in [4.78, 5) is 9.93. The molecule has 0 aliphatic heterocycles. The van der Waals surface area contributed by atoms with Crippen LogP contribution in [0, 0.1) is 5.92 Å². The Labute approximate surface area is 171 Å². The van der Waals surface area contributed by atoms with Crippen LogP contribution in [-0.2, 0) is 6.54 Å². The molecule has 0 amide bonds. The van der Waals surface area contributed by atoms with Gasteiger partial charge in [0.25, 0.3) is 0 Å². The highest BCUT2D eigenvalue weighted by atomic mass is 79.9. The Hall–Kier alpha value is -2.39. The van der Waals surface area contributed by atoms with Crippen molar-refractivity contribution in [3.8, 4) is 0 Å². The third-order valence-corrected chi connectivity index (χ3v) is 5.74. The summed E-state index contributed by atoms with van der Waals surface area (Å²) in [5, 5.41) is 21.0. The van der Waals surface area contributed by atoms with E-state index in [0.29, 0.717) is 6.54 Å². The Bertz CT molecular complexity index is 963. The average molecular weight is 448 g/mol. The minimum atomic E-state index is 0.203. The van der Waals surface area contributed by atoms with E-state index in [1.54, 1.807) is 22.6 Å². The summed E-state index contributed by atoms with van der Waals surface area (Å²) in [7, 11) is 1.63. The Kier molecular flexibility index (Phi) is 5.63. The molecular weight excluding hydrogens is 424 g/mol. The van der Waals surface area contributed by atoms with Crippen LogP contribution in [0.15, 0.2) is 41.3 Å². The molecule has 2 atom stereocenters. The van der Waals surface area contributed by atoms with Crippen LogP contribution in [0.1, 0.15) is 24.8 Å². The maximum atomic E-state index is 9.60. The summed E-state index contributed by atoms with van der Waals surface area (Å²) in [6, 6.07) is 6.18. The summed E-state index contributed by atoms with van der Waals surface area (Å²) in [5.74, 6) is 1.89.